The Bertz CT molecular complexity index is 497. The van der Waals surface area contributed by atoms with Gasteiger partial charge in [0.1, 0.15) is 0 Å². The summed E-state index contributed by atoms with van der Waals surface area (Å²) >= 11 is 0. The Morgan fingerprint density at radius 1 is 0.857 bits per heavy atom. The fourth-order valence-corrected chi connectivity index (χ4v) is 4.89. The molecule has 0 aromatic heterocycles. The van der Waals surface area contributed by atoms with E-state index < -0.39 is 20.7 Å². The van der Waals surface area contributed by atoms with E-state index in [-0.39, 0.29) is 12.5 Å². The van der Waals surface area contributed by atoms with Crippen molar-refractivity contribution in [3.8, 4) is 0 Å². The van der Waals surface area contributed by atoms with E-state index in [1.807, 2.05) is 6.08 Å². The molecule has 3 atom stereocenters. The number of carbonyl (C=O) groups excluding carboxylic acids is 1. The number of aliphatic hydroxyl groups is 1. The van der Waals surface area contributed by atoms with Gasteiger partial charge in [-0.05, 0) is 19.3 Å². The lowest BCUT2D eigenvalue weighted by Crippen LogP contribution is -2.46. The summed E-state index contributed by atoms with van der Waals surface area (Å²) in [4.78, 5) is 12.5. The Labute approximate surface area is 223 Å². The molecule has 0 saturated heterocycles. The van der Waals surface area contributed by atoms with E-state index in [2.05, 4.69) is 28.0 Å². The van der Waals surface area contributed by atoms with Crippen LogP contribution in [0.5, 0.6) is 0 Å². The van der Waals surface area contributed by atoms with Crippen molar-refractivity contribution >= 4 is 30.7 Å². The molecule has 0 saturated carbocycles. The maximum absolute atomic E-state index is 12.5. The highest BCUT2D eigenvalue weighted by molar-refractivity contribution is 7.70. The zero-order valence-corrected chi connectivity index (χ0v) is 25.2. The van der Waals surface area contributed by atoms with Crippen LogP contribution in [-0.4, -0.2) is 45.8 Å². The van der Waals surface area contributed by atoms with Gasteiger partial charge in [-0.15, -0.1) is 8.79 Å². The number of amides is 1. The van der Waals surface area contributed by atoms with Crippen molar-refractivity contribution in [2.24, 2.45) is 0 Å². The van der Waals surface area contributed by atoms with Crippen molar-refractivity contribution in [3.05, 3.63) is 12.2 Å². The summed E-state index contributed by atoms with van der Waals surface area (Å²) in [6, 6.07) is -0.454. The third-order valence-corrected chi connectivity index (χ3v) is 7.50. The number of nitrogens with one attached hydrogen (secondary N) is 1. The number of unbranched alkanes of at least 4 members (excludes halogenated alkanes) is 17. The van der Waals surface area contributed by atoms with Crippen molar-refractivity contribution in [2.75, 3.05) is 6.61 Å². The molecule has 35 heavy (non-hydrogen) atoms. The summed E-state index contributed by atoms with van der Waals surface area (Å²) in [5.74, 6) is -0.0106. The molecular weight excluding hydrogens is 468 g/mol. The van der Waals surface area contributed by atoms with Gasteiger partial charge in [0.2, 0.25) is 5.91 Å². The van der Waals surface area contributed by atoms with E-state index in [4.69, 9.17) is 11.9 Å². The van der Waals surface area contributed by atoms with Crippen LogP contribution < -0.4 is 5.32 Å². The van der Waals surface area contributed by atoms with Crippen molar-refractivity contribution in [1.82, 2.24) is 5.32 Å². The van der Waals surface area contributed by atoms with E-state index in [0.29, 0.717) is 6.42 Å². The molecule has 0 aromatic rings. The molecule has 0 aliphatic carbocycles. The highest BCUT2D eigenvalue weighted by Crippen LogP contribution is 2.13. The van der Waals surface area contributed by atoms with Crippen LogP contribution in [0.25, 0.3) is 0 Å². The average molecular weight is 525 g/mol. The summed E-state index contributed by atoms with van der Waals surface area (Å²) in [6.07, 6.45) is 27.4. The quantitative estimate of drug-likeness (QED) is 0.0541. The van der Waals surface area contributed by atoms with E-state index in [0.717, 1.165) is 25.7 Å². The lowest BCUT2D eigenvalue weighted by atomic mass is 10.0. The van der Waals surface area contributed by atoms with Gasteiger partial charge in [-0.3, -0.25) is 4.79 Å². The number of aliphatic hydroxyl groups excluding tert-OH is 1. The Morgan fingerprint density at radius 2 is 1.31 bits per heavy atom. The van der Waals surface area contributed by atoms with Crippen molar-refractivity contribution in [3.63, 3.8) is 0 Å². The number of hydrogen-bond acceptors (Lipinski definition) is 3. The summed E-state index contributed by atoms with van der Waals surface area (Å²) in [5.41, 5.74) is 0. The second kappa shape index (κ2) is 26.9. The van der Waals surface area contributed by atoms with Gasteiger partial charge in [0.15, 0.2) is 8.58 Å². The minimum absolute atomic E-state index is 0.0106. The van der Waals surface area contributed by atoms with Crippen molar-refractivity contribution in [2.45, 2.75) is 154 Å². The van der Waals surface area contributed by atoms with Gasteiger partial charge >= 0.3 is 0 Å². The summed E-state index contributed by atoms with van der Waals surface area (Å²) in [6.45, 7) is 4.73. The van der Waals surface area contributed by atoms with Gasteiger partial charge in [-0.2, -0.15) is 0 Å². The molecule has 2 N–H and O–H groups in total. The molecule has 4 nitrogen and oxygen atoms in total. The number of allylic oxidation sites excluding steroid dienone is 1. The summed E-state index contributed by atoms with van der Waals surface area (Å²) < 4.78 is 5.56. The summed E-state index contributed by atoms with van der Waals surface area (Å²) in [7, 11) is 6.81. The Hall–Kier alpha value is -0.158. The van der Waals surface area contributed by atoms with Gasteiger partial charge < -0.3 is 14.8 Å². The minimum atomic E-state index is -1.45. The van der Waals surface area contributed by atoms with Gasteiger partial charge in [-0.1, -0.05) is 129 Å². The maximum atomic E-state index is 12.5. The highest BCUT2D eigenvalue weighted by atomic mass is 31.3. The first kappa shape index (κ1) is 34.8. The topological polar surface area (TPSA) is 58.6 Å². The number of carbonyl (C=O) groups is 1. The molecule has 0 spiro atoms. The smallest absolute Gasteiger partial charge is 0.220 e. The molecule has 3 radical (unpaired) electrons. The van der Waals surface area contributed by atoms with Crippen LogP contribution in [0.15, 0.2) is 12.2 Å². The van der Waals surface area contributed by atoms with Gasteiger partial charge in [-0.25, -0.2) is 0 Å². The fraction of sp³-hybridized carbons (Fsp3) is 0.893. The molecule has 0 rings (SSSR count). The van der Waals surface area contributed by atoms with Crippen LogP contribution in [0.4, 0.5) is 0 Å². The third kappa shape index (κ3) is 25.3. The SMILES string of the molecule is [B][Si](P)OCC(NC(=O)CCCCCCCCCCCCC)C(O)/C=C/CCCCCCCCC. The summed E-state index contributed by atoms with van der Waals surface area (Å²) in [5, 5.41) is 13.6. The standard InChI is InChI=1S/C28H56BNO3PSi/c1-3-5-7-9-11-13-14-16-18-20-22-24-28(32)30-26(25-33-35(29)34)27(31)23-21-19-17-15-12-10-8-6-4-2/h21,23,26-27,31H,3-20,22,24-25,34H2,1-2H3,(H,30,32)/b23-21+. The zero-order chi connectivity index (χ0) is 26.0. The number of rotatable bonds is 26. The predicted octanol–water partition coefficient (Wildman–Crippen LogP) is 7.28. The lowest BCUT2D eigenvalue weighted by molar-refractivity contribution is -0.122. The van der Waals surface area contributed by atoms with Crippen molar-refractivity contribution < 1.29 is 14.3 Å². The average Bonchev–Trinajstić information content (AvgIpc) is 2.83. The van der Waals surface area contributed by atoms with Crippen LogP contribution in [0.2, 0.25) is 0 Å². The van der Waals surface area contributed by atoms with Gasteiger partial charge in [0.25, 0.3) is 0 Å². The molecular formula is C28H56BNO3PSi. The number of hydrogen-bond donors (Lipinski definition) is 2. The molecule has 0 aromatic carbocycles. The zero-order valence-electron chi connectivity index (χ0n) is 23.1. The lowest BCUT2D eigenvalue weighted by Gasteiger charge is -2.23. The molecule has 7 heteroatoms. The Morgan fingerprint density at radius 3 is 1.80 bits per heavy atom. The molecule has 0 aliphatic rings. The second-order valence-electron chi connectivity index (χ2n) is 10.0. The van der Waals surface area contributed by atoms with E-state index >= 15 is 0 Å². The second-order valence-corrected chi connectivity index (χ2v) is 12.8. The molecule has 0 aliphatic heterocycles. The monoisotopic (exact) mass is 524 g/mol. The highest BCUT2D eigenvalue weighted by Gasteiger charge is 2.20. The van der Waals surface area contributed by atoms with Crippen LogP contribution in [0, 0.1) is 0 Å². The van der Waals surface area contributed by atoms with E-state index in [1.54, 1.807) is 6.08 Å². The van der Waals surface area contributed by atoms with Gasteiger partial charge in [0.05, 0.1) is 26.2 Å². The molecule has 0 fully saturated rings. The molecule has 1 amide bonds. The molecule has 203 valence electrons. The largest absolute Gasteiger partial charge is 0.420 e. The van der Waals surface area contributed by atoms with Crippen LogP contribution in [0.1, 0.15) is 142 Å². The first-order chi connectivity index (χ1) is 17.0. The first-order valence-corrected chi connectivity index (χ1v) is 18.0. The fourth-order valence-electron chi connectivity index (χ4n) is 4.23. The maximum Gasteiger partial charge on any atom is 0.220 e. The molecule has 0 heterocycles. The van der Waals surface area contributed by atoms with E-state index in [1.165, 1.54) is 96.3 Å². The molecule has 3 unspecified atom stereocenters. The van der Waals surface area contributed by atoms with Crippen LogP contribution in [-0.2, 0) is 9.22 Å². The van der Waals surface area contributed by atoms with Gasteiger partial charge in [0, 0.05) is 6.42 Å². The Kier molecular flexibility index (Phi) is 26.8. The van der Waals surface area contributed by atoms with E-state index in [9.17, 15) is 9.90 Å². The third-order valence-electron chi connectivity index (χ3n) is 6.50. The normalized spacial score (nSPS) is 13.5. The van der Waals surface area contributed by atoms with Crippen molar-refractivity contribution in [1.29, 1.82) is 0 Å². The minimum Gasteiger partial charge on any atom is -0.420 e. The predicted molar refractivity (Wildman–Crippen MR) is 158 cm³/mol. The Balaban J connectivity index is 4.05. The first-order valence-electron chi connectivity index (χ1n) is 14.7. The van der Waals surface area contributed by atoms with Crippen LogP contribution in [0.3, 0.4) is 0 Å². The molecule has 0 bridgehead atoms. The van der Waals surface area contributed by atoms with Crippen LogP contribution >= 0.6 is 8.79 Å².